The highest BCUT2D eigenvalue weighted by molar-refractivity contribution is 5.98. The zero-order chi connectivity index (χ0) is 13.6. The summed E-state index contributed by atoms with van der Waals surface area (Å²) in [7, 11) is 0. The zero-order valence-electron chi connectivity index (χ0n) is 9.26. The fourth-order valence-electron chi connectivity index (χ4n) is 1.48. The molecule has 0 radical (unpaired) electrons. The number of carbonyl (C=O) groups is 1. The Morgan fingerprint density at radius 1 is 1.33 bits per heavy atom. The molecule has 0 aliphatic carbocycles. The largest absolute Gasteiger partial charge is 0.398 e. The van der Waals surface area contributed by atoms with Crippen LogP contribution in [0.15, 0.2) is 35.4 Å². The molecule has 0 spiro atoms. The van der Waals surface area contributed by atoms with Crippen LogP contribution in [0.1, 0.15) is 16.8 Å². The van der Waals surface area contributed by atoms with Crippen molar-refractivity contribution in [1.29, 1.82) is 0 Å². The van der Waals surface area contributed by atoms with E-state index in [4.69, 9.17) is 5.53 Å². The van der Waals surface area contributed by atoms with E-state index in [1.807, 2.05) is 0 Å². The number of benzene rings is 1. The Bertz CT molecular complexity index is 452. The van der Waals surface area contributed by atoms with Crippen LogP contribution in [0.2, 0.25) is 0 Å². The van der Waals surface area contributed by atoms with E-state index < -0.39 is 24.3 Å². The normalized spacial score (nSPS) is 12.6. The standard InChI is InChI=1S/C11H10F3N3O/c12-11(13,14)9(6-7-16-17-15)10(18)8-4-2-1-3-5-8/h1-5,9H,6-7H2. The molecule has 1 atom stereocenters. The topological polar surface area (TPSA) is 65.8 Å². The van der Waals surface area contributed by atoms with E-state index in [1.54, 1.807) is 6.07 Å². The van der Waals surface area contributed by atoms with Crippen LogP contribution in [0.4, 0.5) is 13.2 Å². The SMILES string of the molecule is [N-]=[N+]=NCCC(C(=O)c1ccccc1)C(F)(F)F. The second kappa shape index (κ2) is 6.07. The number of ketones is 1. The molecule has 0 fully saturated rings. The van der Waals surface area contributed by atoms with Crippen LogP contribution in [0, 0.1) is 5.92 Å². The summed E-state index contributed by atoms with van der Waals surface area (Å²) >= 11 is 0. The second-order valence-electron chi connectivity index (χ2n) is 3.57. The number of alkyl halides is 3. The van der Waals surface area contributed by atoms with Gasteiger partial charge in [0.25, 0.3) is 0 Å². The molecule has 0 heterocycles. The Hall–Kier alpha value is -2.01. The molecule has 96 valence electrons. The average molecular weight is 257 g/mol. The highest BCUT2D eigenvalue weighted by atomic mass is 19.4. The highest BCUT2D eigenvalue weighted by Gasteiger charge is 2.44. The smallest absolute Gasteiger partial charge is 0.294 e. The summed E-state index contributed by atoms with van der Waals surface area (Å²) in [5, 5.41) is 3.03. The van der Waals surface area contributed by atoms with Crippen LogP contribution in [0.5, 0.6) is 0 Å². The van der Waals surface area contributed by atoms with Crippen LogP contribution in [-0.2, 0) is 0 Å². The van der Waals surface area contributed by atoms with Crippen molar-refractivity contribution < 1.29 is 18.0 Å². The Labute approximate surface area is 101 Å². The van der Waals surface area contributed by atoms with E-state index in [2.05, 4.69) is 10.0 Å². The minimum absolute atomic E-state index is 0.000706. The third kappa shape index (κ3) is 3.78. The van der Waals surface area contributed by atoms with Crippen molar-refractivity contribution in [1.82, 2.24) is 0 Å². The van der Waals surface area contributed by atoms with Crippen LogP contribution in [0.25, 0.3) is 10.4 Å². The van der Waals surface area contributed by atoms with Gasteiger partial charge in [-0.15, -0.1) is 0 Å². The summed E-state index contributed by atoms with van der Waals surface area (Å²) in [6.07, 6.45) is -5.18. The minimum Gasteiger partial charge on any atom is -0.294 e. The number of azide groups is 1. The first kappa shape index (κ1) is 14.1. The molecule has 0 aromatic heterocycles. The molecule has 1 aromatic carbocycles. The van der Waals surface area contributed by atoms with Crippen molar-refractivity contribution in [2.45, 2.75) is 12.6 Å². The number of rotatable bonds is 5. The fraction of sp³-hybridized carbons (Fsp3) is 0.364. The summed E-state index contributed by atoms with van der Waals surface area (Å²) in [5.41, 5.74) is 8.03. The summed E-state index contributed by atoms with van der Waals surface area (Å²) in [6, 6.07) is 7.25. The summed E-state index contributed by atoms with van der Waals surface area (Å²) in [4.78, 5) is 14.1. The number of halogens is 3. The first-order valence-corrected chi connectivity index (χ1v) is 5.13. The Balaban J connectivity index is 2.90. The lowest BCUT2D eigenvalue weighted by molar-refractivity contribution is -0.161. The van der Waals surface area contributed by atoms with Gasteiger partial charge in [0.2, 0.25) is 0 Å². The first-order chi connectivity index (χ1) is 8.46. The number of hydrogen-bond acceptors (Lipinski definition) is 2. The highest BCUT2D eigenvalue weighted by Crippen LogP contribution is 2.31. The predicted molar refractivity (Wildman–Crippen MR) is 58.9 cm³/mol. The van der Waals surface area contributed by atoms with E-state index in [0.29, 0.717) is 0 Å². The Morgan fingerprint density at radius 2 is 1.94 bits per heavy atom. The van der Waals surface area contributed by atoms with E-state index in [9.17, 15) is 18.0 Å². The molecule has 1 aromatic rings. The lowest BCUT2D eigenvalue weighted by atomic mass is 9.94. The van der Waals surface area contributed by atoms with Gasteiger partial charge in [-0.05, 0) is 12.0 Å². The average Bonchev–Trinajstić information content (AvgIpc) is 2.33. The molecule has 0 saturated carbocycles. The van der Waals surface area contributed by atoms with Gasteiger partial charge in [-0.2, -0.15) is 13.2 Å². The lowest BCUT2D eigenvalue weighted by Crippen LogP contribution is -2.31. The van der Waals surface area contributed by atoms with E-state index in [1.165, 1.54) is 24.3 Å². The summed E-state index contributed by atoms with van der Waals surface area (Å²) < 4.78 is 38.2. The number of Topliss-reactive ketones (excluding diaryl/α,β-unsaturated/α-hetero) is 1. The molecule has 1 rings (SSSR count). The van der Waals surface area contributed by atoms with E-state index in [0.717, 1.165) is 0 Å². The van der Waals surface area contributed by atoms with Crippen molar-refractivity contribution in [2.75, 3.05) is 6.54 Å². The first-order valence-electron chi connectivity index (χ1n) is 5.13. The molecule has 0 saturated heterocycles. The third-order valence-electron chi connectivity index (χ3n) is 2.35. The van der Waals surface area contributed by atoms with Crippen LogP contribution >= 0.6 is 0 Å². The maximum absolute atomic E-state index is 12.7. The van der Waals surface area contributed by atoms with Crippen LogP contribution < -0.4 is 0 Å². The zero-order valence-corrected chi connectivity index (χ0v) is 9.26. The summed E-state index contributed by atoms with van der Waals surface area (Å²) in [6.45, 7) is -0.362. The van der Waals surface area contributed by atoms with Gasteiger partial charge in [-0.25, -0.2) is 0 Å². The van der Waals surface area contributed by atoms with Crippen molar-refractivity contribution in [2.24, 2.45) is 11.0 Å². The maximum atomic E-state index is 12.7. The molecule has 0 amide bonds. The van der Waals surface area contributed by atoms with Gasteiger partial charge in [0.1, 0.15) is 5.92 Å². The molecule has 0 aliphatic rings. The summed E-state index contributed by atoms with van der Waals surface area (Å²) in [5.74, 6) is -3.14. The molecule has 7 heteroatoms. The molecule has 18 heavy (non-hydrogen) atoms. The molecular weight excluding hydrogens is 247 g/mol. The van der Waals surface area contributed by atoms with E-state index >= 15 is 0 Å². The van der Waals surface area contributed by atoms with Crippen molar-refractivity contribution >= 4 is 5.78 Å². The lowest BCUT2D eigenvalue weighted by Gasteiger charge is -2.18. The Kier molecular flexibility index (Phi) is 4.74. The number of carbonyl (C=O) groups excluding carboxylic acids is 1. The van der Waals surface area contributed by atoms with Gasteiger partial charge in [-0.1, -0.05) is 35.4 Å². The monoisotopic (exact) mass is 257 g/mol. The molecule has 1 unspecified atom stereocenters. The molecule has 0 bridgehead atoms. The van der Waals surface area contributed by atoms with Gasteiger partial charge < -0.3 is 0 Å². The fourth-order valence-corrected chi connectivity index (χ4v) is 1.48. The van der Waals surface area contributed by atoms with E-state index in [-0.39, 0.29) is 12.1 Å². The predicted octanol–water partition coefficient (Wildman–Crippen LogP) is 3.75. The van der Waals surface area contributed by atoms with Crippen molar-refractivity contribution in [3.8, 4) is 0 Å². The Morgan fingerprint density at radius 3 is 2.44 bits per heavy atom. The number of nitrogens with zero attached hydrogens (tertiary/aromatic N) is 3. The second-order valence-corrected chi connectivity index (χ2v) is 3.57. The molecule has 4 nitrogen and oxygen atoms in total. The molecule has 0 aliphatic heterocycles. The van der Waals surface area contributed by atoms with Crippen LogP contribution in [-0.4, -0.2) is 18.5 Å². The van der Waals surface area contributed by atoms with Gasteiger partial charge in [-0.3, -0.25) is 4.79 Å². The van der Waals surface area contributed by atoms with Crippen molar-refractivity contribution in [3.63, 3.8) is 0 Å². The van der Waals surface area contributed by atoms with Gasteiger partial charge >= 0.3 is 6.18 Å². The van der Waals surface area contributed by atoms with Crippen molar-refractivity contribution in [3.05, 3.63) is 46.3 Å². The van der Waals surface area contributed by atoms with Gasteiger partial charge in [0, 0.05) is 17.0 Å². The third-order valence-corrected chi connectivity index (χ3v) is 2.35. The number of hydrogen-bond donors (Lipinski definition) is 0. The van der Waals surface area contributed by atoms with Crippen LogP contribution in [0.3, 0.4) is 0 Å². The molecule has 0 N–H and O–H groups in total. The molecular formula is C11H10F3N3O. The van der Waals surface area contributed by atoms with Gasteiger partial charge in [0.15, 0.2) is 5.78 Å². The minimum atomic E-state index is -4.64. The van der Waals surface area contributed by atoms with Gasteiger partial charge in [0.05, 0.1) is 0 Å². The maximum Gasteiger partial charge on any atom is 0.398 e. The quantitative estimate of drug-likeness (QED) is 0.343.